The third kappa shape index (κ3) is 3.52. The molecule has 80 valence electrons. The quantitative estimate of drug-likeness (QED) is 0.718. The lowest BCUT2D eigenvalue weighted by atomic mass is 10.2. The average molecular weight is 196 g/mol. The Labute approximate surface area is 85.7 Å². The van der Waals surface area contributed by atoms with E-state index in [0.29, 0.717) is 12.5 Å². The fourth-order valence-corrected chi connectivity index (χ4v) is 1.42. The van der Waals surface area contributed by atoms with E-state index in [1.165, 1.54) is 5.69 Å². The summed E-state index contributed by atoms with van der Waals surface area (Å²) >= 11 is 0. The van der Waals surface area contributed by atoms with E-state index in [1.807, 2.05) is 12.3 Å². The summed E-state index contributed by atoms with van der Waals surface area (Å²) in [7, 11) is 0. The molecular weight excluding hydrogens is 176 g/mol. The van der Waals surface area contributed by atoms with Gasteiger partial charge in [0.25, 0.3) is 0 Å². The summed E-state index contributed by atoms with van der Waals surface area (Å²) in [5, 5.41) is 12.2. The van der Waals surface area contributed by atoms with E-state index in [2.05, 4.69) is 29.8 Å². The van der Waals surface area contributed by atoms with Gasteiger partial charge in [-0.15, -0.1) is 0 Å². The summed E-state index contributed by atoms with van der Waals surface area (Å²) in [6, 6.07) is 4.10. The molecule has 1 heterocycles. The molecule has 14 heavy (non-hydrogen) atoms. The van der Waals surface area contributed by atoms with Gasteiger partial charge in [0, 0.05) is 25.0 Å². The van der Waals surface area contributed by atoms with E-state index >= 15 is 0 Å². The smallest absolute Gasteiger partial charge is 0.0610 e. The van der Waals surface area contributed by atoms with Crippen molar-refractivity contribution in [3.05, 3.63) is 24.0 Å². The monoisotopic (exact) mass is 196 g/mol. The third-order valence-electron chi connectivity index (χ3n) is 2.12. The summed E-state index contributed by atoms with van der Waals surface area (Å²) in [5.74, 6) is 0.677. The first-order valence-electron chi connectivity index (χ1n) is 5.19. The average Bonchev–Trinajstić information content (AvgIpc) is 2.53. The first kappa shape index (κ1) is 11.3. The van der Waals surface area contributed by atoms with Crippen molar-refractivity contribution in [3.63, 3.8) is 0 Å². The van der Waals surface area contributed by atoms with Crippen molar-refractivity contribution in [2.75, 3.05) is 13.2 Å². The zero-order chi connectivity index (χ0) is 10.4. The van der Waals surface area contributed by atoms with Crippen molar-refractivity contribution in [2.45, 2.75) is 26.9 Å². The zero-order valence-corrected chi connectivity index (χ0v) is 9.03. The topological polar surface area (TPSA) is 37.2 Å². The van der Waals surface area contributed by atoms with Crippen molar-refractivity contribution < 1.29 is 5.11 Å². The van der Waals surface area contributed by atoms with Crippen LogP contribution in [-0.4, -0.2) is 22.8 Å². The van der Waals surface area contributed by atoms with Gasteiger partial charge in [-0.3, -0.25) is 0 Å². The number of nitrogens with zero attached hydrogens (tertiary/aromatic N) is 1. The van der Waals surface area contributed by atoms with Crippen LogP contribution in [0.1, 0.15) is 19.5 Å². The minimum atomic E-state index is 0.200. The van der Waals surface area contributed by atoms with Crippen LogP contribution in [0, 0.1) is 5.92 Å². The molecule has 2 N–H and O–H groups in total. The van der Waals surface area contributed by atoms with Gasteiger partial charge in [-0.2, -0.15) is 0 Å². The lowest BCUT2D eigenvalue weighted by Gasteiger charge is -2.10. The molecule has 0 amide bonds. The Morgan fingerprint density at radius 3 is 2.93 bits per heavy atom. The molecule has 0 spiro atoms. The van der Waals surface area contributed by atoms with Gasteiger partial charge in [0.05, 0.1) is 6.61 Å². The molecule has 3 nitrogen and oxygen atoms in total. The molecule has 1 aromatic heterocycles. The molecule has 0 aliphatic heterocycles. The molecule has 0 radical (unpaired) electrons. The Balaban J connectivity index is 2.37. The van der Waals surface area contributed by atoms with E-state index in [-0.39, 0.29) is 6.61 Å². The number of nitrogens with one attached hydrogen (secondary N) is 1. The van der Waals surface area contributed by atoms with E-state index in [9.17, 15) is 0 Å². The van der Waals surface area contributed by atoms with Gasteiger partial charge in [-0.05, 0) is 24.6 Å². The Hall–Kier alpha value is -0.800. The maximum Gasteiger partial charge on any atom is 0.0610 e. The van der Waals surface area contributed by atoms with Gasteiger partial charge in [0.2, 0.25) is 0 Å². The fraction of sp³-hybridized carbons (Fsp3) is 0.636. The summed E-state index contributed by atoms with van der Waals surface area (Å²) in [5.41, 5.74) is 1.24. The largest absolute Gasteiger partial charge is 0.395 e. The van der Waals surface area contributed by atoms with Crippen LogP contribution >= 0.6 is 0 Å². The minimum absolute atomic E-state index is 0.200. The number of rotatable bonds is 6. The SMILES string of the molecule is CC(C)CNCc1cccn1CCO. The lowest BCUT2D eigenvalue weighted by molar-refractivity contribution is 0.274. The third-order valence-corrected chi connectivity index (χ3v) is 2.12. The maximum atomic E-state index is 8.83. The van der Waals surface area contributed by atoms with Crippen LogP contribution in [0.2, 0.25) is 0 Å². The standard InChI is InChI=1S/C11H20N2O/c1-10(2)8-12-9-11-4-3-5-13(11)6-7-14/h3-5,10,12,14H,6-9H2,1-2H3. The van der Waals surface area contributed by atoms with Crippen LogP contribution in [0.25, 0.3) is 0 Å². The van der Waals surface area contributed by atoms with Crippen LogP contribution in [0.3, 0.4) is 0 Å². The van der Waals surface area contributed by atoms with Crippen molar-refractivity contribution in [3.8, 4) is 0 Å². The van der Waals surface area contributed by atoms with Gasteiger partial charge in [-0.25, -0.2) is 0 Å². The second-order valence-corrected chi connectivity index (χ2v) is 3.94. The molecule has 0 aliphatic rings. The molecule has 0 atom stereocenters. The molecule has 3 heteroatoms. The van der Waals surface area contributed by atoms with Crippen LogP contribution in [0.5, 0.6) is 0 Å². The molecule has 1 aromatic rings. The summed E-state index contributed by atoms with van der Waals surface area (Å²) in [4.78, 5) is 0. The first-order chi connectivity index (χ1) is 6.74. The van der Waals surface area contributed by atoms with Crippen molar-refractivity contribution in [2.24, 2.45) is 5.92 Å². The van der Waals surface area contributed by atoms with Gasteiger partial charge in [-0.1, -0.05) is 13.8 Å². The van der Waals surface area contributed by atoms with Gasteiger partial charge < -0.3 is 15.0 Å². The highest BCUT2D eigenvalue weighted by atomic mass is 16.3. The van der Waals surface area contributed by atoms with Crippen LogP contribution < -0.4 is 5.32 Å². The summed E-state index contributed by atoms with van der Waals surface area (Å²) in [6.07, 6.45) is 2.00. The van der Waals surface area contributed by atoms with Gasteiger partial charge >= 0.3 is 0 Å². The molecule has 0 fully saturated rings. The zero-order valence-electron chi connectivity index (χ0n) is 9.03. The molecular formula is C11H20N2O. The second-order valence-electron chi connectivity index (χ2n) is 3.94. The fourth-order valence-electron chi connectivity index (χ4n) is 1.42. The number of aliphatic hydroxyl groups is 1. The number of aliphatic hydroxyl groups excluding tert-OH is 1. The van der Waals surface area contributed by atoms with Crippen LogP contribution in [-0.2, 0) is 13.1 Å². The Bertz CT molecular complexity index is 256. The highest BCUT2D eigenvalue weighted by Gasteiger charge is 2.00. The molecule has 0 aliphatic carbocycles. The van der Waals surface area contributed by atoms with Crippen molar-refractivity contribution >= 4 is 0 Å². The molecule has 0 saturated carbocycles. The highest BCUT2D eigenvalue weighted by Crippen LogP contribution is 2.01. The van der Waals surface area contributed by atoms with E-state index < -0.39 is 0 Å². The number of hydrogen-bond donors (Lipinski definition) is 2. The molecule has 0 bridgehead atoms. The summed E-state index contributed by atoms with van der Waals surface area (Å²) < 4.78 is 2.08. The summed E-state index contributed by atoms with van der Waals surface area (Å²) in [6.45, 7) is 7.19. The highest BCUT2D eigenvalue weighted by molar-refractivity contribution is 5.06. The van der Waals surface area contributed by atoms with E-state index in [0.717, 1.165) is 13.1 Å². The Morgan fingerprint density at radius 1 is 1.50 bits per heavy atom. The lowest BCUT2D eigenvalue weighted by Crippen LogP contribution is -2.21. The molecule has 0 aromatic carbocycles. The van der Waals surface area contributed by atoms with Crippen molar-refractivity contribution in [1.29, 1.82) is 0 Å². The molecule has 0 unspecified atom stereocenters. The van der Waals surface area contributed by atoms with Crippen LogP contribution in [0.15, 0.2) is 18.3 Å². The number of aromatic nitrogens is 1. The number of hydrogen-bond acceptors (Lipinski definition) is 2. The van der Waals surface area contributed by atoms with E-state index in [1.54, 1.807) is 0 Å². The Morgan fingerprint density at radius 2 is 2.29 bits per heavy atom. The predicted molar refractivity (Wildman–Crippen MR) is 58.1 cm³/mol. The van der Waals surface area contributed by atoms with Gasteiger partial charge in [0.15, 0.2) is 0 Å². The normalized spacial score (nSPS) is 11.1. The maximum absolute atomic E-state index is 8.83. The van der Waals surface area contributed by atoms with Crippen LogP contribution in [0.4, 0.5) is 0 Å². The predicted octanol–water partition coefficient (Wildman–Crippen LogP) is 1.23. The molecule has 1 rings (SSSR count). The minimum Gasteiger partial charge on any atom is -0.395 e. The molecule has 0 saturated heterocycles. The van der Waals surface area contributed by atoms with Gasteiger partial charge in [0.1, 0.15) is 0 Å². The first-order valence-corrected chi connectivity index (χ1v) is 5.19. The van der Waals surface area contributed by atoms with E-state index in [4.69, 9.17) is 5.11 Å². The Kier molecular flexibility index (Phi) is 4.70. The second kappa shape index (κ2) is 5.83. The van der Waals surface area contributed by atoms with Crippen molar-refractivity contribution in [1.82, 2.24) is 9.88 Å².